The summed E-state index contributed by atoms with van der Waals surface area (Å²) in [5, 5.41) is 5.43. The van der Waals surface area contributed by atoms with Crippen molar-refractivity contribution in [1.29, 1.82) is 0 Å². The normalized spacial score (nSPS) is 11.0. The van der Waals surface area contributed by atoms with Crippen LogP contribution in [0.5, 0.6) is 5.75 Å². The summed E-state index contributed by atoms with van der Waals surface area (Å²) in [6.45, 7) is 1.93. The van der Waals surface area contributed by atoms with Gasteiger partial charge in [-0.2, -0.15) is 5.10 Å². The van der Waals surface area contributed by atoms with Crippen molar-refractivity contribution >= 4 is 21.9 Å². The zero-order chi connectivity index (χ0) is 12.7. The number of hydrogen-bond acceptors (Lipinski definition) is 5. The number of aryl methyl sites for hydroxylation is 1. The van der Waals surface area contributed by atoms with Gasteiger partial charge < -0.3 is 10.5 Å². The van der Waals surface area contributed by atoms with Crippen LogP contribution < -0.4 is 10.5 Å². The van der Waals surface area contributed by atoms with Gasteiger partial charge in [-0.25, -0.2) is 9.50 Å². The Bertz CT molecular complexity index is 716. The van der Waals surface area contributed by atoms with Crippen LogP contribution in [0.3, 0.4) is 0 Å². The van der Waals surface area contributed by atoms with E-state index in [1.807, 2.05) is 29.8 Å². The van der Waals surface area contributed by atoms with Gasteiger partial charge in [0.2, 0.25) is 0 Å². The van der Waals surface area contributed by atoms with Gasteiger partial charge in [-0.1, -0.05) is 11.3 Å². The van der Waals surface area contributed by atoms with E-state index in [0.717, 1.165) is 27.0 Å². The number of fused-ring (bicyclic) bond motifs is 1. The molecule has 0 aliphatic heterocycles. The molecule has 0 unspecified atom stereocenters. The number of imidazole rings is 1. The first-order valence-corrected chi connectivity index (χ1v) is 6.26. The lowest BCUT2D eigenvalue weighted by Gasteiger charge is -2.06. The monoisotopic (exact) mass is 260 g/mol. The molecule has 2 heterocycles. The summed E-state index contributed by atoms with van der Waals surface area (Å²) in [5.41, 5.74) is 7.37. The minimum atomic E-state index is 0.677. The van der Waals surface area contributed by atoms with Gasteiger partial charge in [-0.05, 0) is 19.1 Å². The molecule has 92 valence electrons. The number of nitrogen functional groups attached to an aromatic ring is 1. The highest BCUT2D eigenvalue weighted by atomic mass is 32.1. The molecule has 0 bridgehead atoms. The summed E-state index contributed by atoms with van der Waals surface area (Å²) in [5.74, 6) is 1.61. The van der Waals surface area contributed by atoms with Crippen LogP contribution in [0.15, 0.2) is 24.4 Å². The number of aromatic nitrogens is 3. The predicted octanol–water partition coefficient (Wildman–Crippen LogP) is 2.36. The van der Waals surface area contributed by atoms with Crippen LogP contribution in [0.4, 0.5) is 5.69 Å². The largest absolute Gasteiger partial charge is 0.496 e. The van der Waals surface area contributed by atoms with Gasteiger partial charge in [0, 0.05) is 11.8 Å². The smallest absolute Gasteiger partial charge is 0.150 e. The molecule has 0 saturated heterocycles. The van der Waals surface area contributed by atoms with Crippen molar-refractivity contribution in [3.63, 3.8) is 0 Å². The van der Waals surface area contributed by atoms with Crippen molar-refractivity contribution in [3.05, 3.63) is 30.2 Å². The molecule has 3 aromatic rings. The van der Waals surface area contributed by atoms with Crippen LogP contribution in [-0.4, -0.2) is 21.7 Å². The Morgan fingerprint density at radius 2 is 2.22 bits per heavy atom. The van der Waals surface area contributed by atoms with Gasteiger partial charge in [-0.3, -0.25) is 0 Å². The molecule has 18 heavy (non-hydrogen) atoms. The molecular weight excluding hydrogens is 248 g/mol. The van der Waals surface area contributed by atoms with Gasteiger partial charge in [0.25, 0.3) is 0 Å². The number of rotatable bonds is 2. The average molecular weight is 260 g/mol. The zero-order valence-electron chi connectivity index (χ0n) is 10.0. The van der Waals surface area contributed by atoms with Crippen molar-refractivity contribution in [2.75, 3.05) is 12.8 Å². The third kappa shape index (κ3) is 1.62. The van der Waals surface area contributed by atoms with Crippen LogP contribution >= 0.6 is 11.3 Å². The minimum absolute atomic E-state index is 0.677. The molecule has 3 rings (SSSR count). The minimum Gasteiger partial charge on any atom is -0.496 e. The zero-order valence-corrected chi connectivity index (χ0v) is 10.9. The van der Waals surface area contributed by atoms with E-state index >= 15 is 0 Å². The number of nitrogens with zero attached hydrogens (tertiary/aromatic N) is 3. The van der Waals surface area contributed by atoms with Crippen molar-refractivity contribution in [2.24, 2.45) is 0 Å². The Morgan fingerprint density at radius 3 is 2.94 bits per heavy atom. The summed E-state index contributed by atoms with van der Waals surface area (Å²) in [6, 6.07) is 5.58. The highest BCUT2D eigenvalue weighted by Crippen LogP contribution is 2.34. The van der Waals surface area contributed by atoms with Gasteiger partial charge >= 0.3 is 0 Å². The second kappa shape index (κ2) is 3.99. The molecule has 0 spiro atoms. The van der Waals surface area contributed by atoms with Gasteiger partial charge in [0.1, 0.15) is 21.4 Å². The molecule has 1 aromatic carbocycles. The Hall–Kier alpha value is -2.08. The Labute approximate surface area is 108 Å². The third-order valence-corrected chi connectivity index (χ3v) is 3.71. The standard InChI is InChI=1S/C12H12N4OS/c1-7-14-6-11-16(7)15-12(18-11)9-4-3-8(13)5-10(9)17-2/h3-6H,13H2,1-2H3. The van der Waals surface area contributed by atoms with Crippen molar-refractivity contribution in [1.82, 2.24) is 14.6 Å². The summed E-state index contributed by atoms with van der Waals surface area (Å²) >= 11 is 1.58. The Balaban J connectivity index is 2.19. The molecule has 0 amide bonds. The van der Waals surface area contributed by atoms with E-state index in [2.05, 4.69) is 10.1 Å². The SMILES string of the molecule is COc1cc(N)ccc1-c1nn2c(C)ncc2s1. The maximum Gasteiger partial charge on any atom is 0.150 e. The highest BCUT2D eigenvalue weighted by molar-refractivity contribution is 7.20. The molecule has 2 N–H and O–H groups in total. The summed E-state index contributed by atoms with van der Waals surface area (Å²) in [7, 11) is 1.63. The van der Waals surface area contributed by atoms with Crippen LogP contribution in [-0.2, 0) is 0 Å². The van der Waals surface area contributed by atoms with Gasteiger partial charge in [0.05, 0.1) is 18.9 Å². The van der Waals surface area contributed by atoms with E-state index in [1.165, 1.54) is 0 Å². The number of hydrogen-bond donors (Lipinski definition) is 1. The predicted molar refractivity (Wildman–Crippen MR) is 72.0 cm³/mol. The van der Waals surface area contributed by atoms with Gasteiger partial charge in [-0.15, -0.1) is 0 Å². The second-order valence-corrected chi connectivity index (χ2v) is 4.93. The van der Waals surface area contributed by atoms with Crippen LogP contribution in [0.1, 0.15) is 5.82 Å². The molecular formula is C12H12N4OS. The van der Waals surface area contributed by atoms with Crippen molar-refractivity contribution in [3.8, 4) is 16.3 Å². The molecule has 0 aliphatic carbocycles. The summed E-state index contributed by atoms with van der Waals surface area (Å²) in [4.78, 5) is 5.22. The molecule has 0 aliphatic rings. The number of anilines is 1. The van der Waals surface area contributed by atoms with Crippen LogP contribution in [0.2, 0.25) is 0 Å². The third-order valence-electron chi connectivity index (χ3n) is 2.73. The summed E-state index contributed by atoms with van der Waals surface area (Å²) < 4.78 is 7.17. The fraction of sp³-hybridized carbons (Fsp3) is 0.167. The fourth-order valence-electron chi connectivity index (χ4n) is 1.81. The maximum absolute atomic E-state index is 5.75. The first-order valence-electron chi connectivity index (χ1n) is 5.44. The number of ether oxygens (including phenoxy) is 1. The highest BCUT2D eigenvalue weighted by Gasteiger charge is 2.13. The van der Waals surface area contributed by atoms with E-state index in [9.17, 15) is 0 Å². The number of benzene rings is 1. The molecule has 0 saturated carbocycles. The van der Waals surface area contributed by atoms with Crippen molar-refractivity contribution in [2.45, 2.75) is 6.92 Å². The molecule has 6 heteroatoms. The topological polar surface area (TPSA) is 65.4 Å². The van der Waals surface area contributed by atoms with Crippen LogP contribution in [0.25, 0.3) is 15.4 Å². The van der Waals surface area contributed by atoms with E-state index in [4.69, 9.17) is 10.5 Å². The molecule has 0 fully saturated rings. The fourth-order valence-corrected chi connectivity index (χ4v) is 2.78. The van der Waals surface area contributed by atoms with Crippen molar-refractivity contribution < 1.29 is 4.74 Å². The maximum atomic E-state index is 5.75. The molecule has 0 atom stereocenters. The average Bonchev–Trinajstić information content (AvgIpc) is 2.92. The van der Waals surface area contributed by atoms with Gasteiger partial charge in [0.15, 0.2) is 0 Å². The molecule has 5 nitrogen and oxygen atoms in total. The van der Waals surface area contributed by atoms with E-state index < -0.39 is 0 Å². The number of nitrogens with two attached hydrogens (primary N) is 1. The van der Waals surface area contributed by atoms with E-state index in [1.54, 1.807) is 24.5 Å². The molecule has 2 aromatic heterocycles. The lowest BCUT2D eigenvalue weighted by atomic mass is 10.2. The Morgan fingerprint density at radius 1 is 1.39 bits per heavy atom. The first kappa shape index (κ1) is 11.0. The number of methoxy groups -OCH3 is 1. The van der Waals surface area contributed by atoms with Crippen LogP contribution in [0, 0.1) is 6.92 Å². The summed E-state index contributed by atoms with van der Waals surface area (Å²) in [6.07, 6.45) is 1.82. The lowest BCUT2D eigenvalue weighted by Crippen LogP contribution is -1.93. The van der Waals surface area contributed by atoms with E-state index in [-0.39, 0.29) is 0 Å². The quantitative estimate of drug-likeness (QED) is 0.718. The van der Waals surface area contributed by atoms with E-state index in [0.29, 0.717) is 5.69 Å². The second-order valence-electron chi connectivity index (χ2n) is 3.92. The lowest BCUT2D eigenvalue weighted by molar-refractivity contribution is 0.416. The molecule has 0 radical (unpaired) electrons. The Kier molecular flexibility index (Phi) is 2.45. The first-order chi connectivity index (χ1) is 8.69.